The quantitative estimate of drug-likeness (QED) is 0.483. The summed E-state index contributed by atoms with van der Waals surface area (Å²) in [5.41, 5.74) is 0.592. The molecule has 114 valence electrons. The highest BCUT2D eigenvalue weighted by Gasteiger charge is 2.52. The lowest BCUT2D eigenvalue weighted by Crippen LogP contribution is -2.31. The fourth-order valence-corrected chi connectivity index (χ4v) is 2.41. The number of ether oxygens (including phenoxy) is 1. The second-order valence-electron chi connectivity index (χ2n) is 6.78. The third-order valence-electron chi connectivity index (χ3n) is 3.83. The number of hydrogen-bond acceptors (Lipinski definition) is 4. The van der Waals surface area contributed by atoms with Gasteiger partial charge >= 0.3 is 5.97 Å². The van der Waals surface area contributed by atoms with E-state index < -0.39 is 11.0 Å². The molecule has 0 bridgehead atoms. The molecule has 0 aliphatic heterocycles. The first-order chi connectivity index (χ1) is 9.65. The summed E-state index contributed by atoms with van der Waals surface area (Å²) < 4.78 is 5.48. The van der Waals surface area contributed by atoms with Gasteiger partial charge in [-0.3, -0.25) is 14.9 Å². The van der Waals surface area contributed by atoms with Gasteiger partial charge in [0.25, 0.3) is 5.69 Å². The Balaban J connectivity index is 2.21. The Hall–Kier alpha value is -1.91. The minimum absolute atomic E-state index is 0.104. The Morgan fingerprint density at radius 3 is 2.48 bits per heavy atom. The Kier molecular flexibility index (Phi) is 3.78. The summed E-state index contributed by atoms with van der Waals surface area (Å²) in [5, 5.41) is 11.0. The van der Waals surface area contributed by atoms with Crippen molar-refractivity contribution in [1.29, 1.82) is 0 Å². The van der Waals surface area contributed by atoms with E-state index in [4.69, 9.17) is 4.74 Å². The van der Waals surface area contributed by atoms with Crippen molar-refractivity contribution in [2.75, 3.05) is 0 Å². The lowest BCUT2D eigenvalue weighted by atomic mass is 9.92. The number of esters is 1. The summed E-state index contributed by atoms with van der Waals surface area (Å²) >= 11 is 0. The van der Waals surface area contributed by atoms with E-state index in [0.717, 1.165) is 18.4 Å². The zero-order valence-electron chi connectivity index (χ0n) is 12.9. The van der Waals surface area contributed by atoms with Gasteiger partial charge in [0.2, 0.25) is 0 Å². The van der Waals surface area contributed by atoms with Crippen LogP contribution < -0.4 is 0 Å². The molecule has 1 aliphatic rings. The Morgan fingerprint density at radius 2 is 2.00 bits per heavy atom. The molecular weight excluding hydrogens is 270 g/mol. The van der Waals surface area contributed by atoms with Crippen LogP contribution in [-0.2, 0) is 16.0 Å². The molecule has 1 aliphatic carbocycles. The van der Waals surface area contributed by atoms with Crippen molar-refractivity contribution in [2.45, 2.75) is 52.6 Å². The van der Waals surface area contributed by atoms with Crippen LogP contribution in [0.4, 0.5) is 5.69 Å². The number of hydrogen-bond donors (Lipinski definition) is 0. The first-order valence-corrected chi connectivity index (χ1v) is 7.11. The molecule has 0 saturated heterocycles. The summed E-state index contributed by atoms with van der Waals surface area (Å²) in [7, 11) is 0. The van der Waals surface area contributed by atoms with E-state index in [0.29, 0.717) is 12.0 Å². The van der Waals surface area contributed by atoms with Crippen molar-refractivity contribution in [1.82, 2.24) is 0 Å². The number of nitro benzene ring substituents is 1. The molecule has 1 fully saturated rings. The van der Waals surface area contributed by atoms with Gasteiger partial charge in [0.1, 0.15) is 5.60 Å². The smallest absolute Gasteiger partial charge is 0.312 e. The standard InChI is InChI=1S/C16H21NO4/c1-11-12(6-5-7-13(11)17(19)20)10-16(8-9-16)14(18)21-15(2,3)4/h5-7H,8-10H2,1-4H3. The van der Waals surface area contributed by atoms with Crippen LogP contribution in [0, 0.1) is 22.5 Å². The van der Waals surface area contributed by atoms with Crippen LogP contribution in [-0.4, -0.2) is 16.5 Å². The second-order valence-corrected chi connectivity index (χ2v) is 6.78. The topological polar surface area (TPSA) is 69.4 Å². The monoisotopic (exact) mass is 291 g/mol. The van der Waals surface area contributed by atoms with Crippen molar-refractivity contribution >= 4 is 11.7 Å². The molecule has 5 nitrogen and oxygen atoms in total. The molecule has 0 radical (unpaired) electrons. The molecule has 1 aromatic rings. The van der Waals surface area contributed by atoms with Gasteiger partial charge in [0.05, 0.1) is 10.3 Å². The normalized spacial score (nSPS) is 16.4. The molecule has 0 unspecified atom stereocenters. The summed E-state index contributed by atoms with van der Waals surface area (Å²) in [6.45, 7) is 7.28. The van der Waals surface area contributed by atoms with E-state index in [2.05, 4.69) is 0 Å². The average molecular weight is 291 g/mol. The van der Waals surface area contributed by atoms with Crippen LogP contribution in [0.1, 0.15) is 44.7 Å². The third kappa shape index (κ3) is 3.40. The van der Waals surface area contributed by atoms with E-state index >= 15 is 0 Å². The maximum atomic E-state index is 12.3. The van der Waals surface area contributed by atoms with Crippen LogP contribution in [0.25, 0.3) is 0 Å². The number of nitrogens with zero attached hydrogens (tertiary/aromatic N) is 1. The first-order valence-electron chi connectivity index (χ1n) is 7.11. The van der Waals surface area contributed by atoms with Crippen LogP contribution in [0.15, 0.2) is 18.2 Å². The van der Waals surface area contributed by atoms with Gasteiger partial charge in [0, 0.05) is 11.6 Å². The number of carbonyl (C=O) groups is 1. The van der Waals surface area contributed by atoms with Gasteiger partial charge in [-0.05, 0) is 52.5 Å². The zero-order chi connectivity index (χ0) is 15.8. The molecule has 0 amide bonds. The Bertz CT molecular complexity index is 582. The first kappa shape index (κ1) is 15.5. The summed E-state index contributed by atoms with van der Waals surface area (Å²) in [6.07, 6.45) is 2.07. The molecule has 5 heteroatoms. The van der Waals surface area contributed by atoms with E-state index in [-0.39, 0.29) is 16.6 Å². The van der Waals surface area contributed by atoms with Crippen molar-refractivity contribution in [2.24, 2.45) is 5.41 Å². The Labute approximate surface area is 124 Å². The molecular formula is C16H21NO4. The SMILES string of the molecule is Cc1c(CC2(C(=O)OC(C)(C)C)CC2)cccc1[N+](=O)[O-]. The van der Waals surface area contributed by atoms with Gasteiger partial charge in [-0.15, -0.1) is 0 Å². The van der Waals surface area contributed by atoms with E-state index in [1.165, 1.54) is 6.07 Å². The highest BCUT2D eigenvalue weighted by Crippen LogP contribution is 2.50. The van der Waals surface area contributed by atoms with Crippen LogP contribution >= 0.6 is 0 Å². The molecule has 1 saturated carbocycles. The fourth-order valence-electron chi connectivity index (χ4n) is 2.41. The number of nitro groups is 1. The largest absolute Gasteiger partial charge is 0.460 e. The minimum Gasteiger partial charge on any atom is -0.460 e. The maximum Gasteiger partial charge on any atom is 0.312 e. The van der Waals surface area contributed by atoms with Gasteiger partial charge in [-0.25, -0.2) is 0 Å². The highest BCUT2D eigenvalue weighted by atomic mass is 16.6. The molecule has 1 aromatic carbocycles. The minimum atomic E-state index is -0.510. The Morgan fingerprint density at radius 1 is 1.38 bits per heavy atom. The molecule has 0 heterocycles. The van der Waals surface area contributed by atoms with Crippen LogP contribution in [0.2, 0.25) is 0 Å². The summed E-state index contributed by atoms with van der Waals surface area (Å²) in [5.74, 6) is -0.194. The van der Waals surface area contributed by atoms with Crippen molar-refractivity contribution in [3.8, 4) is 0 Å². The lowest BCUT2D eigenvalue weighted by molar-refractivity contribution is -0.385. The molecule has 0 aromatic heterocycles. The van der Waals surface area contributed by atoms with Gasteiger partial charge in [-0.2, -0.15) is 0 Å². The number of carbonyl (C=O) groups excluding carboxylic acids is 1. The molecule has 0 atom stereocenters. The van der Waals surface area contributed by atoms with E-state index in [9.17, 15) is 14.9 Å². The van der Waals surface area contributed by atoms with Crippen LogP contribution in [0.5, 0.6) is 0 Å². The summed E-state index contributed by atoms with van der Waals surface area (Å²) in [6, 6.07) is 5.02. The summed E-state index contributed by atoms with van der Waals surface area (Å²) in [4.78, 5) is 22.9. The van der Waals surface area contributed by atoms with Crippen molar-refractivity contribution in [3.63, 3.8) is 0 Å². The van der Waals surface area contributed by atoms with E-state index in [1.807, 2.05) is 26.8 Å². The molecule has 0 spiro atoms. The average Bonchev–Trinajstić information content (AvgIpc) is 3.10. The van der Waals surface area contributed by atoms with Gasteiger partial charge in [0.15, 0.2) is 0 Å². The highest BCUT2D eigenvalue weighted by molar-refractivity contribution is 5.80. The number of rotatable bonds is 4. The molecule has 0 N–H and O–H groups in total. The van der Waals surface area contributed by atoms with Crippen molar-refractivity contribution in [3.05, 3.63) is 39.4 Å². The fraction of sp³-hybridized carbons (Fsp3) is 0.562. The lowest BCUT2D eigenvalue weighted by Gasteiger charge is -2.24. The zero-order valence-corrected chi connectivity index (χ0v) is 12.9. The third-order valence-corrected chi connectivity index (χ3v) is 3.83. The predicted molar refractivity (Wildman–Crippen MR) is 79.0 cm³/mol. The van der Waals surface area contributed by atoms with Gasteiger partial charge < -0.3 is 4.74 Å². The predicted octanol–water partition coefficient (Wildman–Crippen LogP) is 3.57. The number of benzene rings is 1. The molecule has 21 heavy (non-hydrogen) atoms. The van der Waals surface area contributed by atoms with Crippen LogP contribution in [0.3, 0.4) is 0 Å². The molecule has 2 rings (SSSR count). The maximum absolute atomic E-state index is 12.3. The van der Waals surface area contributed by atoms with Gasteiger partial charge in [-0.1, -0.05) is 12.1 Å². The second kappa shape index (κ2) is 5.13. The van der Waals surface area contributed by atoms with E-state index in [1.54, 1.807) is 13.0 Å². The van der Waals surface area contributed by atoms with Crippen molar-refractivity contribution < 1.29 is 14.5 Å².